The highest BCUT2D eigenvalue weighted by atomic mass is 32.2. The van der Waals surface area contributed by atoms with Crippen molar-refractivity contribution in [2.45, 2.75) is 25.5 Å². The number of rotatable bonds is 2. The highest BCUT2D eigenvalue weighted by Gasteiger charge is 2.50. The minimum Gasteiger partial charge on any atom is -0.224 e. The van der Waals surface area contributed by atoms with Crippen LogP contribution in [-0.2, 0) is 9.84 Å². The SMILES string of the molecule is CC[N+](CC)=C1SC2=CS(=O)(=O)C[C@]2(C)S1. The molecule has 6 heteroatoms. The summed E-state index contributed by atoms with van der Waals surface area (Å²) in [4.78, 5) is 0.999. The number of thioether (sulfide) groups is 2. The van der Waals surface area contributed by atoms with E-state index in [9.17, 15) is 8.42 Å². The first-order valence-corrected chi connectivity index (χ1v) is 8.69. The van der Waals surface area contributed by atoms with E-state index in [-0.39, 0.29) is 10.5 Å². The van der Waals surface area contributed by atoms with Crippen molar-refractivity contribution < 1.29 is 13.0 Å². The summed E-state index contributed by atoms with van der Waals surface area (Å²) in [6, 6.07) is 0. The summed E-state index contributed by atoms with van der Waals surface area (Å²) >= 11 is 3.33. The van der Waals surface area contributed by atoms with E-state index in [0.29, 0.717) is 0 Å². The number of sulfone groups is 1. The Bertz CT molecular complexity index is 472. The minimum atomic E-state index is -2.96. The van der Waals surface area contributed by atoms with Crippen LogP contribution in [-0.4, -0.2) is 41.0 Å². The summed E-state index contributed by atoms with van der Waals surface area (Å²) in [6.45, 7) is 8.22. The average Bonchev–Trinajstić information content (AvgIpc) is 2.53. The molecule has 2 heterocycles. The molecule has 1 atom stereocenters. The Morgan fingerprint density at radius 3 is 2.56 bits per heavy atom. The van der Waals surface area contributed by atoms with Crippen LogP contribution in [0.4, 0.5) is 0 Å². The molecule has 0 bridgehead atoms. The molecular formula is C10H16NO2S3+. The van der Waals surface area contributed by atoms with Gasteiger partial charge in [0.25, 0.3) is 4.38 Å². The van der Waals surface area contributed by atoms with Crippen LogP contribution in [0.1, 0.15) is 20.8 Å². The second-order valence-electron chi connectivity index (χ2n) is 4.16. The molecule has 1 saturated heterocycles. The van der Waals surface area contributed by atoms with Gasteiger partial charge in [-0.2, -0.15) is 0 Å². The van der Waals surface area contributed by atoms with Crippen molar-refractivity contribution in [1.82, 2.24) is 0 Å². The maximum Gasteiger partial charge on any atom is 0.275 e. The zero-order valence-electron chi connectivity index (χ0n) is 9.69. The van der Waals surface area contributed by atoms with E-state index in [1.54, 1.807) is 23.5 Å². The summed E-state index contributed by atoms with van der Waals surface area (Å²) < 4.78 is 26.4. The van der Waals surface area contributed by atoms with Gasteiger partial charge in [0.05, 0.1) is 10.5 Å². The number of hydrogen-bond acceptors (Lipinski definition) is 4. The maximum atomic E-state index is 11.5. The zero-order chi connectivity index (χ0) is 12.0. The molecule has 0 radical (unpaired) electrons. The third-order valence-electron chi connectivity index (χ3n) is 2.82. The summed E-state index contributed by atoms with van der Waals surface area (Å²) in [7, 11) is -2.96. The third kappa shape index (κ3) is 2.07. The van der Waals surface area contributed by atoms with Crippen molar-refractivity contribution in [3.63, 3.8) is 0 Å². The van der Waals surface area contributed by atoms with Crippen molar-refractivity contribution in [2.24, 2.45) is 0 Å². The quantitative estimate of drug-likeness (QED) is 0.723. The van der Waals surface area contributed by atoms with Gasteiger partial charge in [-0.1, -0.05) is 0 Å². The van der Waals surface area contributed by atoms with Gasteiger partial charge in [0.1, 0.15) is 13.1 Å². The van der Waals surface area contributed by atoms with Gasteiger partial charge in [-0.25, -0.2) is 13.0 Å². The fourth-order valence-corrected chi connectivity index (χ4v) is 8.07. The van der Waals surface area contributed by atoms with Crippen LogP contribution in [0.5, 0.6) is 0 Å². The Hall–Kier alpha value is 0.0600. The van der Waals surface area contributed by atoms with Gasteiger partial charge < -0.3 is 0 Å². The lowest BCUT2D eigenvalue weighted by Gasteiger charge is -2.13. The van der Waals surface area contributed by atoms with E-state index >= 15 is 0 Å². The molecule has 0 aromatic carbocycles. The molecule has 0 aromatic rings. The van der Waals surface area contributed by atoms with Crippen LogP contribution in [0.3, 0.4) is 0 Å². The zero-order valence-corrected chi connectivity index (χ0v) is 12.1. The lowest BCUT2D eigenvalue weighted by molar-refractivity contribution is -0.515. The van der Waals surface area contributed by atoms with Crippen LogP contribution in [0.25, 0.3) is 0 Å². The molecule has 0 saturated carbocycles. The van der Waals surface area contributed by atoms with E-state index in [1.807, 2.05) is 6.92 Å². The lowest BCUT2D eigenvalue weighted by atomic mass is 10.2. The molecule has 16 heavy (non-hydrogen) atoms. The van der Waals surface area contributed by atoms with Crippen molar-refractivity contribution >= 4 is 37.7 Å². The monoisotopic (exact) mass is 278 g/mol. The lowest BCUT2D eigenvalue weighted by Crippen LogP contribution is -2.23. The first-order chi connectivity index (χ1) is 7.40. The molecule has 0 amide bonds. The normalized spacial score (nSPS) is 31.4. The number of nitrogens with zero attached hydrogens (tertiary/aromatic N) is 1. The molecule has 2 rings (SSSR count). The first-order valence-electron chi connectivity index (χ1n) is 5.34. The minimum absolute atomic E-state index is 0.235. The Morgan fingerprint density at radius 1 is 1.44 bits per heavy atom. The Kier molecular flexibility index (Phi) is 3.18. The van der Waals surface area contributed by atoms with Crippen LogP contribution < -0.4 is 0 Å². The van der Waals surface area contributed by atoms with Crippen LogP contribution in [0.15, 0.2) is 10.3 Å². The molecule has 0 spiro atoms. The maximum absolute atomic E-state index is 11.5. The summed E-state index contributed by atoms with van der Waals surface area (Å²) in [5.74, 6) is 0.248. The fourth-order valence-electron chi connectivity index (χ4n) is 1.91. The van der Waals surface area contributed by atoms with Crippen molar-refractivity contribution in [2.75, 3.05) is 18.8 Å². The van der Waals surface area contributed by atoms with Gasteiger partial charge in [-0.05, 0) is 44.3 Å². The number of fused-ring (bicyclic) bond motifs is 1. The Labute approximate surface area is 105 Å². The fraction of sp³-hybridized carbons (Fsp3) is 0.700. The van der Waals surface area contributed by atoms with Gasteiger partial charge in [-0.15, -0.1) is 0 Å². The smallest absolute Gasteiger partial charge is 0.224 e. The molecule has 0 unspecified atom stereocenters. The largest absolute Gasteiger partial charge is 0.275 e. The van der Waals surface area contributed by atoms with Gasteiger partial charge in [0, 0.05) is 10.3 Å². The van der Waals surface area contributed by atoms with Crippen molar-refractivity contribution in [3.05, 3.63) is 10.3 Å². The molecule has 90 valence electrons. The van der Waals surface area contributed by atoms with E-state index in [1.165, 1.54) is 9.78 Å². The van der Waals surface area contributed by atoms with Gasteiger partial charge in [0.15, 0.2) is 9.84 Å². The summed E-state index contributed by atoms with van der Waals surface area (Å²) in [5, 5.41) is 1.46. The van der Waals surface area contributed by atoms with E-state index < -0.39 is 9.84 Å². The Balaban J connectivity index is 2.38. The molecule has 1 fully saturated rings. The van der Waals surface area contributed by atoms with Crippen LogP contribution in [0.2, 0.25) is 0 Å². The standard InChI is InChI=1S/C10H16NO2S3/c1-4-11(5-2)9-14-8-6-16(12,13)7-10(8,3)15-9/h6H,4-5,7H2,1-3H3/q+1/t10-/m0/s1. The molecule has 2 aliphatic rings. The first kappa shape index (κ1) is 12.5. The summed E-state index contributed by atoms with van der Waals surface area (Å²) in [5.41, 5.74) is 0. The van der Waals surface area contributed by atoms with Gasteiger partial charge >= 0.3 is 0 Å². The molecule has 0 aliphatic carbocycles. The van der Waals surface area contributed by atoms with Gasteiger partial charge in [-0.3, -0.25) is 0 Å². The third-order valence-corrected chi connectivity index (χ3v) is 7.82. The number of hydrogen-bond donors (Lipinski definition) is 0. The van der Waals surface area contributed by atoms with E-state index in [4.69, 9.17) is 0 Å². The second-order valence-corrected chi connectivity index (χ2v) is 8.79. The molecular weight excluding hydrogens is 262 g/mol. The van der Waals surface area contributed by atoms with Crippen LogP contribution in [0, 0.1) is 0 Å². The molecule has 0 aromatic heterocycles. The summed E-state index contributed by atoms with van der Waals surface area (Å²) in [6.07, 6.45) is 0. The Morgan fingerprint density at radius 2 is 2.06 bits per heavy atom. The van der Waals surface area contributed by atoms with E-state index in [0.717, 1.165) is 18.0 Å². The van der Waals surface area contributed by atoms with Crippen LogP contribution >= 0.6 is 23.5 Å². The average molecular weight is 278 g/mol. The second kappa shape index (κ2) is 4.07. The predicted octanol–water partition coefficient (Wildman–Crippen LogP) is 1.90. The van der Waals surface area contributed by atoms with Gasteiger partial charge in [0.2, 0.25) is 0 Å². The van der Waals surface area contributed by atoms with Crippen molar-refractivity contribution in [1.29, 1.82) is 0 Å². The highest BCUT2D eigenvalue weighted by Crippen LogP contribution is 2.54. The molecule has 2 aliphatic heterocycles. The molecule has 0 N–H and O–H groups in total. The van der Waals surface area contributed by atoms with E-state index in [2.05, 4.69) is 18.4 Å². The predicted molar refractivity (Wildman–Crippen MR) is 71.8 cm³/mol. The highest BCUT2D eigenvalue weighted by molar-refractivity contribution is 8.44. The topological polar surface area (TPSA) is 37.1 Å². The van der Waals surface area contributed by atoms with Crippen molar-refractivity contribution in [3.8, 4) is 0 Å². The molecule has 3 nitrogen and oxygen atoms in total.